The first kappa shape index (κ1) is 9.12. The zero-order valence-electron chi connectivity index (χ0n) is 6.77. The molecule has 0 saturated carbocycles. The molecule has 1 rings (SSSR count). The molecule has 68 valence electrons. The van der Waals surface area contributed by atoms with Gasteiger partial charge < -0.3 is 15.9 Å². The highest BCUT2D eigenvalue weighted by molar-refractivity contribution is 5.90. The van der Waals surface area contributed by atoms with Crippen molar-refractivity contribution in [3.8, 4) is 11.5 Å². The second-order valence-electron chi connectivity index (χ2n) is 2.48. The molecule has 0 fully saturated rings. The van der Waals surface area contributed by atoms with E-state index in [9.17, 15) is 4.79 Å². The number of primary amides is 1. The number of rotatable bonds is 2. The van der Waals surface area contributed by atoms with E-state index in [0.29, 0.717) is 5.56 Å². The summed E-state index contributed by atoms with van der Waals surface area (Å²) in [7, 11) is 0. The number of carbonyl (C=O) groups is 1. The largest absolute Gasteiger partial charge is 0.504 e. The van der Waals surface area contributed by atoms with Crippen LogP contribution < -0.4 is 5.73 Å². The Morgan fingerprint density at radius 3 is 2.54 bits per heavy atom. The van der Waals surface area contributed by atoms with Crippen molar-refractivity contribution in [1.29, 1.82) is 0 Å². The van der Waals surface area contributed by atoms with Crippen LogP contribution in [0.3, 0.4) is 0 Å². The van der Waals surface area contributed by atoms with Gasteiger partial charge >= 0.3 is 0 Å². The fourth-order valence-electron chi connectivity index (χ4n) is 0.822. The molecule has 0 aromatic heterocycles. The number of amides is 1. The molecule has 4 nitrogen and oxygen atoms in total. The van der Waals surface area contributed by atoms with Crippen LogP contribution in [0, 0.1) is 0 Å². The predicted octanol–water partition coefficient (Wildman–Crippen LogP) is 0.596. The Hall–Kier alpha value is -1.97. The highest BCUT2D eigenvalue weighted by Gasteiger charge is 1.97. The van der Waals surface area contributed by atoms with Crippen molar-refractivity contribution in [3.63, 3.8) is 0 Å². The van der Waals surface area contributed by atoms with Crippen LogP contribution in [0.5, 0.6) is 11.5 Å². The van der Waals surface area contributed by atoms with Crippen molar-refractivity contribution >= 4 is 12.0 Å². The smallest absolute Gasteiger partial charge is 0.241 e. The van der Waals surface area contributed by atoms with E-state index >= 15 is 0 Å². The number of hydrogen-bond donors (Lipinski definition) is 3. The lowest BCUT2D eigenvalue weighted by Gasteiger charge is -1.97. The van der Waals surface area contributed by atoms with Crippen LogP contribution in [-0.2, 0) is 4.79 Å². The first-order valence-electron chi connectivity index (χ1n) is 3.59. The first-order chi connectivity index (χ1) is 6.09. The summed E-state index contributed by atoms with van der Waals surface area (Å²) in [4.78, 5) is 10.3. The van der Waals surface area contributed by atoms with Gasteiger partial charge in [0.25, 0.3) is 0 Å². The molecule has 0 aliphatic heterocycles. The minimum Gasteiger partial charge on any atom is -0.504 e. The van der Waals surface area contributed by atoms with E-state index in [2.05, 4.69) is 0 Å². The van der Waals surface area contributed by atoms with Crippen LogP contribution in [-0.4, -0.2) is 16.1 Å². The number of hydrogen-bond acceptors (Lipinski definition) is 3. The molecular weight excluding hydrogens is 170 g/mol. The average Bonchev–Trinajstić information content (AvgIpc) is 2.07. The van der Waals surface area contributed by atoms with E-state index in [-0.39, 0.29) is 11.5 Å². The summed E-state index contributed by atoms with van der Waals surface area (Å²) in [5, 5.41) is 18.0. The van der Waals surface area contributed by atoms with E-state index in [1.807, 2.05) is 0 Å². The van der Waals surface area contributed by atoms with Crippen molar-refractivity contribution in [1.82, 2.24) is 0 Å². The van der Waals surface area contributed by atoms with E-state index < -0.39 is 5.91 Å². The molecule has 0 aliphatic rings. The Morgan fingerprint density at radius 1 is 1.31 bits per heavy atom. The van der Waals surface area contributed by atoms with Gasteiger partial charge in [-0.05, 0) is 23.8 Å². The molecule has 4 N–H and O–H groups in total. The van der Waals surface area contributed by atoms with Gasteiger partial charge in [-0.2, -0.15) is 0 Å². The second-order valence-corrected chi connectivity index (χ2v) is 2.48. The second kappa shape index (κ2) is 3.62. The molecule has 0 saturated heterocycles. The lowest BCUT2D eigenvalue weighted by atomic mass is 10.2. The standard InChI is InChI=1S/C9H9NO3/c10-9(13)4-2-6-1-3-7(11)8(12)5-6/h1-5,11-12H,(H2,10,13)/b4-2-. The van der Waals surface area contributed by atoms with E-state index in [1.54, 1.807) is 6.07 Å². The maximum absolute atomic E-state index is 10.3. The number of carbonyl (C=O) groups excluding carboxylic acids is 1. The molecule has 1 aromatic carbocycles. The predicted molar refractivity (Wildman–Crippen MR) is 48.0 cm³/mol. The number of nitrogens with two attached hydrogens (primary N) is 1. The Kier molecular flexibility index (Phi) is 2.54. The molecule has 0 bridgehead atoms. The maximum atomic E-state index is 10.3. The third-order valence-corrected chi connectivity index (χ3v) is 1.44. The summed E-state index contributed by atoms with van der Waals surface area (Å²) >= 11 is 0. The fourth-order valence-corrected chi connectivity index (χ4v) is 0.822. The van der Waals surface area contributed by atoms with Gasteiger partial charge in [-0.25, -0.2) is 0 Å². The molecule has 1 aromatic rings. The number of phenols is 2. The summed E-state index contributed by atoms with van der Waals surface area (Å²) in [6, 6.07) is 4.21. The van der Waals surface area contributed by atoms with E-state index in [1.165, 1.54) is 24.3 Å². The number of aromatic hydroxyl groups is 2. The maximum Gasteiger partial charge on any atom is 0.241 e. The average molecular weight is 179 g/mol. The molecule has 0 spiro atoms. The molecular formula is C9H9NO3. The quantitative estimate of drug-likeness (QED) is 0.459. The Morgan fingerprint density at radius 2 is 2.00 bits per heavy atom. The van der Waals surface area contributed by atoms with E-state index in [4.69, 9.17) is 15.9 Å². The van der Waals surface area contributed by atoms with Crippen molar-refractivity contribution in [3.05, 3.63) is 29.8 Å². The number of benzene rings is 1. The molecule has 0 atom stereocenters. The van der Waals surface area contributed by atoms with Gasteiger partial charge in [-0.3, -0.25) is 4.79 Å². The van der Waals surface area contributed by atoms with Gasteiger partial charge in [-0.15, -0.1) is 0 Å². The molecule has 1 amide bonds. The van der Waals surface area contributed by atoms with Crippen molar-refractivity contribution in [2.75, 3.05) is 0 Å². The Bertz CT molecular complexity index is 358. The minimum atomic E-state index is -0.562. The van der Waals surface area contributed by atoms with Crippen molar-refractivity contribution < 1.29 is 15.0 Å². The third-order valence-electron chi connectivity index (χ3n) is 1.44. The van der Waals surface area contributed by atoms with Gasteiger partial charge in [0.15, 0.2) is 11.5 Å². The zero-order valence-corrected chi connectivity index (χ0v) is 6.77. The summed E-state index contributed by atoms with van der Waals surface area (Å²) < 4.78 is 0. The normalized spacial score (nSPS) is 10.5. The van der Waals surface area contributed by atoms with Crippen LogP contribution >= 0.6 is 0 Å². The minimum absolute atomic E-state index is 0.198. The molecule has 0 heterocycles. The topological polar surface area (TPSA) is 83.6 Å². The van der Waals surface area contributed by atoms with Gasteiger partial charge in [0.1, 0.15) is 0 Å². The molecule has 0 aliphatic carbocycles. The van der Waals surface area contributed by atoms with Gasteiger partial charge in [0, 0.05) is 6.08 Å². The van der Waals surface area contributed by atoms with Crippen LogP contribution in [0.2, 0.25) is 0 Å². The van der Waals surface area contributed by atoms with E-state index in [0.717, 1.165) is 0 Å². The van der Waals surface area contributed by atoms with Crippen LogP contribution in [0.4, 0.5) is 0 Å². The third kappa shape index (κ3) is 2.52. The van der Waals surface area contributed by atoms with Crippen molar-refractivity contribution in [2.24, 2.45) is 5.73 Å². The van der Waals surface area contributed by atoms with Gasteiger partial charge in [-0.1, -0.05) is 6.07 Å². The summed E-state index contributed by atoms with van der Waals surface area (Å²) in [5.41, 5.74) is 5.46. The fraction of sp³-hybridized carbons (Fsp3) is 0. The lowest BCUT2D eigenvalue weighted by molar-refractivity contribution is -0.113. The highest BCUT2D eigenvalue weighted by atomic mass is 16.3. The Balaban J connectivity index is 2.92. The first-order valence-corrected chi connectivity index (χ1v) is 3.59. The Labute approximate surface area is 74.9 Å². The lowest BCUT2D eigenvalue weighted by Crippen LogP contribution is -2.04. The summed E-state index contributed by atoms with van der Waals surface area (Å²) in [6.07, 6.45) is 2.62. The molecule has 0 radical (unpaired) electrons. The van der Waals surface area contributed by atoms with Crippen molar-refractivity contribution in [2.45, 2.75) is 0 Å². The van der Waals surface area contributed by atoms with Gasteiger partial charge in [0.2, 0.25) is 5.91 Å². The summed E-state index contributed by atoms with van der Waals surface area (Å²) in [6.45, 7) is 0. The van der Waals surface area contributed by atoms with Gasteiger partial charge in [0.05, 0.1) is 0 Å². The van der Waals surface area contributed by atoms with Crippen LogP contribution in [0.25, 0.3) is 6.08 Å². The molecule has 0 unspecified atom stereocenters. The van der Waals surface area contributed by atoms with Crippen LogP contribution in [0.15, 0.2) is 24.3 Å². The molecule has 4 heteroatoms. The molecule has 13 heavy (non-hydrogen) atoms. The van der Waals surface area contributed by atoms with Crippen LogP contribution in [0.1, 0.15) is 5.56 Å². The zero-order chi connectivity index (χ0) is 9.84. The SMILES string of the molecule is NC(=O)/C=C\c1ccc(O)c(O)c1. The summed E-state index contributed by atoms with van der Waals surface area (Å²) in [5.74, 6) is -0.990. The monoisotopic (exact) mass is 179 g/mol. The highest BCUT2D eigenvalue weighted by Crippen LogP contribution is 2.25. The number of phenolic OH excluding ortho intramolecular Hbond substituents is 2.